The first-order valence-electron chi connectivity index (χ1n) is 8.26. The van der Waals surface area contributed by atoms with E-state index >= 15 is 0 Å². The van der Waals surface area contributed by atoms with Gasteiger partial charge in [-0.05, 0) is 38.5 Å². The lowest BCUT2D eigenvalue weighted by molar-refractivity contribution is 0.164. The van der Waals surface area contributed by atoms with E-state index in [4.69, 9.17) is 13.2 Å². The predicted molar refractivity (Wildman–Crippen MR) is 99.5 cm³/mol. The van der Waals surface area contributed by atoms with Gasteiger partial charge in [-0.3, -0.25) is 4.57 Å². The maximum absolute atomic E-state index is 13.2. The van der Waals surface area contributed by atoms with Gasteiger partial charge in [0.15, 0.2) is 0 Å². The minimum absolute atomic E-state index is 0.0245. The minimum Gasteiger partial charge on any atom is -0.307 e. The van der Waals surface area contributed by atoms with Crippen LogP contribution >= 0.6 is 7.60 Å². The largest absolute Gasteiger partial charge is 0.365 e. The van der Waals surface area contributed by atoms with E-state index in [1.54, 1.807) is 56.3 Å². The van der Waals surface area contributed by atoms with Crippen LogP contribution in [0, 0.1) is 6.92 Å². The van der Waals surface area contributed by atoms with Crippen LogP contribution in [-0.2, 0) is 27.9 Å². The van der Waals surface area contributed by atoms with Gasteiger partial charge < -0.3 is 9.05 Å². The molecule has 0 N–H and O–H groups in total. The average molecular weight is 398 g/mol. The highest BCUT2D eigenvalue weighted by Crippen LogP contribution is 2.62. The zero-order valence-corrected chi connectivity index (χ0v) is 16.7. The van der Waals surface area contributed by atoms with E-state index in [-0.39, 0.29) is 18.1 Å². The molecule has 0 aliphatic heterocycles. The molecule has 0 aromatic heterocycles. The van der Waals surface area contributed by atoms with E-state index in [2.05, 4.69) is 0 Å². The Bertz CT molecular complexity index is 839. The maximum atomic E-state index is 13.2. The van der Waals surface area contributed by atoms with Crippen LogP contribution in [0.3, 0.4) is 0 Å². The Hall–Kier alpha value is -1.50. The number of rotatable bonds is 9. The molecule has 2 aromatic carbocycles. The summed E-state index contributed by atoms with van der Waals surface area (Å²) < 4.78 is 54.7. The molecule has 0 bridgehead atoms. The topological polar surface area (TPSA) is 78.9 Å². The van der Waals surface area contributed by atoms with Crippen molar-refractivity contribution in [3.8, 4) is 0 Å². The Labute approximate surface area is 154 Å². The Balaban J connectivity index is 2.47. The SMILES string of the molecule is CCOP(=O)(OCC)C(OS(=O)(=O)c1ccc(C)cc1)c1ccccc1. The lowest BCUT2D eigenvalue weighted by atomic mass is 10.2. The van der Waals surface area contributed by atoms with Gasteiger partial charge in [0.2, 0.25) is 5.85 Å². The fraction of sp³-hybridized carbons (Fsp3) is 0.333. The summed E-state index contributed by atoms with van der Waals surface area (Å²) >= 11 is 0. The van der Waals surface area contributed by atoms with Crippen molar-refractivity contribution < 1.29 is 26.2 Å². The number of benzene rings is 2. The molecule has 142 valence electrons. The van der Waals surface area contributed by atoms with Crippen LogP contribution in [0.1, 0.15) is 30.8 Å². The normalized spacial score (nSPS) is 13.5. The number of hydrogen-bond acceptors (Lipinski definition) is 6. The van der Waals surface area contributed by atoms with E-state index in [1.165, 1.54) is 12.1 Å². The molecule has 0 saturated carbocycles. The van der Waals surface area contributed by atoms with Crippen molar-refractivity contribution in [1.82, 2.24) is 0 Å². The number of aryl methyl sites for hydroxylation is 1. The quantitative estimate of drug-likeness (QED) is 0.451. The van der Waals surface area contributed by atoms with Crippen molar-refractivity contribution in [2.24, 2.45) is 0 Å². The van der Waals surface area contributed by atoms with Crippen LogP contribution < -0.4 is 0 Å². The standard InChI is InChI=1S/C18H23O6PS/c1-4-22-25(19,23-5-2)18(16-9-7-6-8-10-16)24-26(20,21)17-13-11-15(3)12-14-17/h6-14,18H,4-5H2,1-3H3. The van der Waals surface area contributed by atoms with Gasteiger partial charge >= 0.3 is 7.60 Å². The summed E-state index contributed by atoms with van der Waals surface area (Å²) in [5.41, 5.74) is 1.31. The van der Waals surface area contributed by atoms with Gasteiger partial charge in [0, 0.05) is 0 Å². The summed E-state index contributed by atoms with van der Waals surface area (Å²) in [5.74, 6) is -1.39. The fourth-order valence-corrected chi connectivity index (χ4v) is 5.62. The molecule has 0 spiro atoms. The summed E-state index contributed by atoms with van der Waals surface area (Å²) in [6.07, 6.45) is 0. The second-order valence-corrected chi connectivity index (χ2v) is 9.14. The molecule has 0 amide bonds. The van der Waals surface area contributed by atoms with E-state index in [0.29, 0.717) is 5.56 Å². The Morgan fingerprint density at radius 1 is 0.923 bits per heavy atom. The van der Waals surface area contributed by atoms with Gasteiger partial charge in [-0.25, -0.2) is 4.18 Å². The Morgan fingerprint density at radius 3 is 1.96 bits per heavy atom. The van der Waals surface area contributed by atoms with Crippen LogP contribution in [0.4, 0.5) is 0 Å². The molecule has 1 atom stereocenters. The van der Waals surface area contributed by atoms with Gasteiger partial charge in [0.1, 0.15) is 0 Å². The first-order valence-corrected chi connectivity index (χ1v) is 11.3. The van der Waals surface area contributed by atoms with Crippen molar-refractivity contribution in [3.63, 3.8) is 0 Å². The molecule has 26 heavy (non-hydrogen) atoms. The Kier molecular flexibility index (Phi) is 7.15. The zero-order valence-electron chi connectivity index (χ0n) is 15.0. The van der Waals surface area contributed by atoms with Gasteiger partial charge in [0.25, 0.3) is 10.1 Å². The zero-order chi connectivity index (χ0) is 19.2. The summed E-state index contributed by atoms with van der Waals surface area (Å²) in [5, 5.41) is 0. The molecule has 8 heteroatoms. The molecule has 0 fully saturated rings. The fourth-order valence-electron chi connectivity index (χ4n) is 2.32. The van der Waals surface area contributed by atoms with Gasteiger partial charge in [-0.2, -0.15) is 8.42 Å². The highest BCUT2D eigenvalue weighted by Gasteiger charge is 2.41. The third-order valence-electron chi connectivity index (χ3n) is 3.52. The molecule has 0 aliphatic rings. The smallest absolute Gasteiger partial charge is 0.307 e. The molecule has 2 aromatic rings. The van der Waals surface area contributed by atoms with E-state index in [0.717, 1.165) is 5.56 Å². The van der Waals surface area contributed by atoms with Gasteiger partial charge in [-0.15, -0.1) is 0 Å². The van der Waals surface area contributed by atoms with Crippen molar-refractivity contribution in [2.75, 3.05) is 13.2 Å². The third-order valence-corrected chi connectivity index (χ3v) is 7.17. The molecule has 0 radical (unpaired) electrons. The third kappa shape index (κ3) is 5.02. The highest BCUT2D eigenvalue weighted by molar-refractivity contribution is 7.87. The van der Waals surface area contributed by atoms with Crippen molar-refractivity contribution in [1.29, 1.82) is 0 Å². The van der Waals surface area contributed by atoms with Crippen LogP contribution in [0.15, 0.2) is 59.5 Å². The molecule has 0 aliphatic carbocycles. The second-order valence-electron chi connectivity index (χ2n) is 5.50. The highest BCUT2D eigenvalue weighted by atomic mass is 32.2. The molecule has 0 heterocycles. The molecule has 2 rings (SSSR count). The number of hydrogen-bond donors (Lipinski definition) is 0. The van der Waals surface area contributed by atoms with E-state index in [1.807, 2.05) is 6.92 Å². The maximum Gasteiger partial charge on any atom is 0.365 e. The van der Waals surface area contributed by atoms with Crippen LogP contribution in [0.25, 0.3) is 0 Å². The lowest BCUT2D eigenvalue weighted by Gasteiger charge is -2.26. The summed E-state index contributed by atoms with van der Waals surface area (Å²) in [6, 6.07) is 14.6. The summed E-state index contributed by atoms with van der Waals surface area (Å²) in [6.45, 7) is 5.34. The van der Waals surface area contributed by atoms with Crippen molar-refractivity contribution in [2.45, 2.75) is 31.5 Å². The summed E-state index contributed by atoms with van der Waals surface area (Å²) in [4.78, 5) is -0.0245. The van der Waals surface area contributed by atoms with E-state index in [9.17, 15) is 13.0 Å². The monoisotopic (exact) mass is 398 g/mol. The first kappa shape index (κ1) is 20.8. The molecule has 6 nitrogen and oxygen atoms in total. The molecular weight excluding hydrogens is 375 g/mol. The predicted octanol–water partition coefficient (Wildman–Crippen LogP) is 4.67. The van der Waals surface area contributed by atoms with Gasteiger partial charge in [0.05, 0.1) is 18.1 Å². The van der Waals surface area contributed by atoms with Crippen LogP contribution in [-0.4, -0.2) is 21.6 Å². The average Bonchev–Trinajstić information content (AvgIpc) is 2.61. The Morgan fingerprint density at radius 2 is 1.46 bits per heavy atom. The van der Waals surface area contributed by atoms with Crippen molar-refractivity contribution >= 4 is 17.7 Å². The molecular formula is C18H23O6PS. The minimum atomic E-state index is -4.18. The molecule has 0 saturated heterocycles. The second kappa shape index (κ2) is 8.93. The van der Waals surface area contributed by atoms with Crippen molar-refractivity contribution in [3.05, 3.63) is 65.7 Å². The van der Waals surface area contributed by atoms with Crippen LogP contribution in [0.5, 0.6) is 0 Å². The van der Waals surface area contributed by atoms with E-state index < -0.39 is 23.6 Å². The molecule has 1 unspecified atom stereocenters. The van der Waals surface area contributed by atoms with Gasteiger partial charge in [-0.1, -0.05) is 48.0 Å². The lowest BCUT2D eigenvalue weighted by Crippen LogP contribution is -2.15. The van der Waals surface area contributed by atoms with Crippen LogP contribution in [0.2, 0.25) is 0 Å². The first-order chi connectivity index (χ1) is 12.3. The summed E-state index contributed by atoms with van der Waals surface area (Å²) in [7, 11) is -8.06.